The molecule has 0 bridgehead atoms. The fourth-order valence-corrected chi connectivity index (χ4v) is 3.62. The third-order valence-corrected chi connectivity index (χ3v) is 5.13. The molecule has 5 heteroatoms. The molecule has 25 heavy (non-hydrogen) atoms. The van der Waals surface area contributed by atoms with Crippen LogP contribution in [-0.2, 0) is 15.3 Å². The molecule has 0 aliphatic carbocycles. The van der Waals surface area contributed by atoms with E-state index in [0.29, 0.717) is 12.2 Å². The van der Waals surface area contributed by atoms with Crippen molar-refractivity contribution in [1.29, 1.82) is 0 Å². The third kappa shape index (κ3) is 5.10. The van der Waals surface area contributed by atoms with Crippen molar-refractivity contribution in [3.63, 3.8) is 0 Å². The van der Waals surface area contributed by atoms with Crippen molar-refractivity contribution in [2.45, 2.75) is 25.0 Å². The van der Waals surface area contributed by atoms with E-state index in [4.69, 9.17) is 0 Å². The molecule has 0 saturated carbocycles. The standard InChI is InChI=1S/C20H22N2O2S/c23-19(15-25-14-16-6-2-1-3-7-16)21-17-9-11-18(12-10-17)22-13-5-4-8-20(22)24/h1-3,6-7,9-12H,4-5,8,13-15H2,(H,21,23). The molecule has 1 aliphatic heterocycles. The van der Waals surface area contributed by atoms with Crippen molar-refractivity contribution in [2.75, 3.05) is 22.5 Å². The summed E-state index contributed by atoms with van der Waals surface area (Å²) in [4.78, 5) is 25.8. The van der Waals surface area contributed by atoms with E-state index < -0.39 is 0 Å². The van der Waals surface area contributed by atoms with Gasteiger partial charge in [-0.3, -0.25) is 9.59 Å². The van der Waals surface area contributed by atoms with E-state index in [2.05, 4.69) is 17.4 Å². The van der Waals surface area contributed by atoms with Crippen LogP contribution in [0.4, 0.5) is 11.4 Å². The maximum Gasteiger partial charge on any atom is 0.234 e. The highest BCUT2D eigenvalue weighted by Gasteiger charge is 2.19. The Morgan fingerprint density at radius 1 is 1.04 bits per heavy atom. The van der Waals surface area contributed by atoms with Gasteiger partial charge in [0.1, 0.15) is 0 Å². The van der Waals surface area contributed by atoms with Crippen LogP contribution in [-0.4, -0.2) is 24.1 Å². The van der Waals surface area contributed by atoms with Crippen LogP contribution in [0.5, 0.6) is 0 Å². The molecule has 0 unspecified atom stereocenters. The fourth-order valence-electron chi connectivity index (χ4n) is 2.84. The molecule has 2 aromatic carbocycles. The van der Waals surface area contributed by atoms with Crippen LogP contribution in [0.25, 0.3) is 0 Å². The van der Waals surface area contributed by atoms with Crippen molar-refractivity contribution in [3.05, 3.63) is 60.2 Å². The summed E-state index contributed by atoms with van der Waals surface area (Å²) in [7, 11) is 0. The van der Waals surface area contributed by atoms with Gasteiger partial charge < -0.3 is 10.2 Å². The first-order chi connectivity index (χ1) is 12.2. The predicted molar refractivity (Wildman–Crippen MR) is 104 cm³/mol. The minimum Gasteiger partial charge on any atom is -0.325 e. The number of carbonyl (C=O) groups is 2. The first-order valence-corrected chi connectivity index (χ1v) is 9.70. The van der Waals surface area contributed by atoms with Crippen molar-refractivity contribution < 1.29 is 9.59 Å². The van der Waals surface area contributed by atoms with Crippen LogP contribution in [0, 0.1) is 0 Å². The highest BCUT2D eigenvalue weighted by atomic mass is 32.2. The molecule has 0 radical (unpaired) electrons. The molecule has 130 valence electrons. The second-order valence-electron chi connectivity index (χ2n) is 6.08. The second-order valence-corrected chi connectivity index (χ2v) is 7.06. The zero-order valence-corrected chi connectivity index (χ0v) is 14.9. The molecule has 1 fully saturated rings. The normalized spacial score (nSPS) is 14.4. The average molecular weight is 354 g/mol. The Bertz CT molecular complexity index is 716. The van der Waals surface area contributed by atoms with Crippen LogP contribution in [0.1, 0.15) is 24.8 Å². The van der Waals surface area contributed by atoms with E-state index in [1.54, 1.807) is 11.8 Å². The van der Waals surface area contributed by atoms with Gasteiger partial charge in [0.05, 0.1) is 5.75 Å². The van der Waals surface area contributed by atoms with Crippen LogP contribution in [0.2, 0.25) is 0 Å². The van der Waals surface area contributed by atoms with Crippen LogP contribution in [0.3, 0.4) is 0 Å². The maximum absolute atomic E-state index is 12.0. The summed E-state index contributed by atoms with van der Waals surface area (Å²) in [6.07, 6.45) is 2.64. The number of hydrogen-bond acceptors (Lipinski definition) is 3. The number of amides is 2. The lowest BCUT2D eigenvalue weighted by molar-refractivity contribution is -0.119. The monoisotopic (exact) mass is 354 g/mol. The molecule has 1 N–H and O–H groups in total. The Morgan fingerprint density at radius 3 is 2.52 bits per heavy atom. The van der Waals surface area contributed by atoms with Gasteiger partial charge in [0.25, 0.3) is 0 Å². The summed E-state index contributed by atoms with van der Waals surface area (Å²) in [5.74, 6) is 1.41. The van der Waals surface area contributed by atoms with Gasteiger partial charge >= 0.3 is 0 Å². The number of benzene rings is 2. The Hall–Kier alpha value is -2.27. The molecule has 4 nitrogen and oxygen atoms in total. The van der Waals surface area contributed by atoms with E-state index >= 15 is 0 Å². The van der Waals surface area contributed by atoms with Crippen LogP contribution >= 0.6 is 11.8 Å². The summed E-state index contributed by atoms with van der Waals surface area (Å²) < 4.78 is 0. The molecular weight excluding hydrogens is 332 g/mol. The van der Waals surface area contributed by atoms with Crippen molar-refractivity contribution in [2.24, 2.45) is 0 Å². The molecule has 1 saturated heterocycles. The average Bonchev–Trinajstić information content (AvgIpc) is 2.64. The molecule has 3 rings (SSSR count). The Morgan fingerprint density at radius 2 is 1.80 bits per heavy atom. The van der Waals surface area contributed by atoms with E-state index in [-0.39, 0.29) is 11.8 Å². The first-order valence-electron chi connectivity index (χ1n) is 8.54. The molecule has 2 amide bonds. The first kappa shape index (κ1) is 17.5. The zero-order chi connectivity index (χ0) is 17.5. The molecule has 1 heterocycles. The number of nitrogens with one attached hydrogen (secondary N) is 1. The number of thioether (sulfide) groups is 1. The van der Waals surface area contributed by atoms with Crippen molar-refractivity contribution in [1.82, 2.24) is 0 Å². The topological polar surface area (TPSA) is 49.4 Å². The molecule has 2 aromatic rings. The quantitative estimate of drug-likeness (QED) is 0.850. The maximum atomic E-state index is 12.0. The van der Waals surface area contributed by atoms with Gasteiger partial charge in [-0.1, -0.05) is 30.3 Å². The Labute approximate surface area is 152 Å². The van der Waals surface area contributed by atoms with Gasteiger partial charge in [-0.25, -0.2) is 0 Å². The molecule has 0 aromatic heterocycles. The SMILES string of the molecule is O=C(CSCc1ccccc1)Nc1ccc(N2CCCCC2=O)cc1. The number of nitrogens with zero attached hydrogens (tertiary/aromatic N) is 1. The fraction of sp³-hybridized carbons (Fsp3) is 0.300. The summed E-state index contributed by atoms with van der Waals surface area (Å²) in [6.45, 7) is 0.778. The Balaban J connectivity index is 1.47. The second kappa shape index (κ2) is 8.72. The highest BCUT2D eigenvalue weighted by Crippen LogP contribution is 2.23. The number of rotatable bonds is 6. The van der Waals surface area contributed by atoms with Crippen molar-refractivity contribution in [3.8, 4) is 0 Å². The van der Waals surface area contributed by atoms with E-state index in [1.165, 1.54) is 5.56 Å². The zero-order valence-electron chi connectivity index (χ0n) is 14.1. The largest absolute Gasteiger partial charge is 0.325 e. The smallest absolute Gasteiger partial charge is 0.234 e. The predicted octanol–water partition coefficient (Wildman–Crippen LogP) is 4.08. The summed E-state index contributed by atoms with van der Waals surface area (Å²) in [5.41, 5.74) is 2.88. The minimum atomic E-state index is -0.0114. The number of hydrogen-bond donors (Lipinski definition) is 1. The minimum absolute atomic E-state index is 0.0114. The highest BCUT2D eigenvalue weighted by molar-refractivity contribution is 7.99. The molecule has 1 aliphatic rings. The molecule has 0 spiro atoms. The van der Waals surface area contributed by atoms with Gasteiger partial charge in [-0.15, -0.1) is 11.8 Å². The third-order valence-electron chi connectivity index (χ3n) is 4.13. The van der Waals surface area contributed by atoms with E-state index in [1.807, 2.05) is 47.4 Å². The summed E-state index contributed by atoms with van der Waals surface area (Å²) >= 11 is 1.59. The van der Waals surface area contributed by atoms with Crippen LogP contribution in [0.15, 0.2) is 54.6 Å². The number of anilines is 2. The lowest BCUT2D eigenvalue weighted by Crippen LogP contribution is -2.35. The van der Waals surface area contributed by atoms with E-state index in [0.717, 1.165) is 36.5 Å². The summed E-state index contributed by atoms with van der Waals surface area (Å²) in [6, 6.07) is 17.6. The van der Waals surface area contributed by atoms with Gasteiger partial charge in [-0.05, 0) is 42.7 Å². The van der Waals surface area contributed by atoms with Gasteiger partial charge in [0, 0.05) is 30.1 Å². The lowest BCUT2D eigenvalue weighted by Gasteiger charge is -2.26. The molecular formula is C20H22N2O2S. The van der Waals surface area contributed by atoms with Gasteiger partial charge in [-0.2, -0.15) is 0 Å². The number of carbonyl (C=O) groups excluding carboxylic acids is 2. The molecule has 0 atom stereocenters. The summed E-state index contributed by atoms with van der Waals surface area (Å²) in [5, 5.41) is 2.91. The van der Waals surface area contributed by atoms with Gasteiger partial charge in [0.2, 0.25) is 11.8 Å². The number of piperidine rings is 1. The van der Waals surface area contributed by atoms with Crippen molar-refractivity contribution >= 4 is 35.0 Å². The van der Waals surface area contributed by atoms with Gasteiger partial charge in [0.15, 0.2) is 0 Å². The van der Waals surface area contributed by atoms with E-state index in [9.17, 15) is 9.59 Å². The Kier molecular flexibility index (Phi) is 6.12. The van der Waals surface area contributed by atoms with Crippen LogP contribution < -0.4 is 10.2 Å². The lowest BCUT2D eigenvalue weighted by atomic mass is 10.1.